The van der Waals surface area contributed by atoms with Crippen molar-refractivity contribution in [1.29, 1.82) is 0 Å². The van der Waals surface area contributed by atoms with Crippen molar-refractivity contribution in [2.75, 3.05) is 19.1 Å². The second kappa shape index (κ2) is 6.21. The molecule has 0 aliphatic carbocycles. The lowest BCUT2D eigenvalue weighted by molar-refractivity contribution is 0.394. The van der Waals surface area contributed by atoms with E-state index in [9.17, 15) is 0 Å². The number of hydrogen-bond acceptors (Lipinski definition) is 4. The summed E-state index contributed by atoms with van der Waals surface area (Å²) in [6, 6.07) is 7.71. The zero-order chi connectivity index (χ0) is 13.8. The monoisotopic (exact) mass is 341 g/mol. The Morgan fingerprint density at radius 3 is 2.79 bits per heavy atom. The number of aromatic nitrogens is 2. The first-order chi connectivity index (χ1) is 9.11. The third kappa shape index (κ3) is 3.36. The smallest absolute Gasteiger partial charge is 0.232 e. The molecule has 0 N–H and O–H groups in total. The van der Waals surface area contributed by atoms with E-state index in [4.69, 9.17) is 16.3 Å². The van der Waals surface area contributed by atoms with Gasteiger partial charge in [-0.1, -0.05) is 29.8 Å². The van der Waals surface area contributed by atoms with Crippen molar-refractivity contribution in [3.8, 4) is 5.88 Å². The molecule has 0 aliphatic rings. The normalized spacial score (nSPS) is 10.3. The van der Waals surface area contributed by atoms with Gasteiger partial charge in [0.2, 0.25) is 11.8 Å². The molecule has 0 bridgehead atoms. The molecule has 0 aliphatic heterocycles. The molecule has 0 spiro atoms. The minimum atomic E-state index is 0.510. The molecule has 1 aromatic carbocycles. The summed E-state index contributed by atoms with van der Waals surface area (Å²) >= 11 is 9.47. The van der Waals surface area contributed by atoms with Crippen LogP contribution in [0.3, 0.4) is 0 Å². The van der Waals surface area contributed by atoms with Crippen LogP contribution in [0, 0.1) is 0 Å². The van der Waals surface area contributed by atoms with Gasteiger partial charge in [0, 0.05) is 18.6 Å². The molecule has 0 fully saturated rings. The van der Waals surface area contributed by atoms with E-state index in [0.717, 1.165) is 15.1 Å². The van der Waals surface area contributed by atoms with Crippen LogP contribution in [0.4, 0.5) is 5.95 Å². The number of hydrogen-bond donors (Lipinski definition) is 0. The average molecular weight is 343 g/mol. The average Bonchev–Trinajstić information content (AvgIpc) is 2.42. The van der Waals surface area contributed by atoms with Crippen LogP contribution in [0.25, 0.3) is 0 Å². The summed E-state index contributed by atoms with van der Waals surface area (Å²) in [6.45, 7) is 0.629. The number of anilines is 1. The van der Waals surface area contributed by atoms with Crippen molar-refractivity contribution in [3.63, 3.8) is 0 Å². The van der Waals surface area contributed by atoms with Crippen molar-refractivity contribution < 1.29 is 4.74 Å². The SMILES string of the molecule is COc1nc(N(C)Cc2ccccc2Cl)ncc1Br. The van der Waals surface area contributed by atoms with E-state index in [1.54, 1.807) is 13.3 Å². The fourth-order valence-electron chi connectivity index (χ4n) is 1.62. The Balaban J connectivity index is 2.20. The molecule has 0 amide bonds. The maximum absolute atomic E-state index is 6.14. The minimum Gasteiger partial charge on any atom is -0.480 e. The Bertz CT molecular complexity index is 580. The summed E-state index contributed by atoms with van der Waals surface area (Å²) in [6.07, 6.45) is 1.67. The maximum atomic E-state index is 6.14. The number of rotatable bonds is 4. The molecule has 0 unspecified atom stereocenters. The molecule has 0 radical (unpaired) electrons. The summed E-state index contributed by atoms with van der Waals surface area (Å²) in [5, 5.41) is 0.735. The second-order valence-electron chi connectivity index (χ2n) is 3.97. The highest BCUT2D eigenvalue weighted by Gasteiger charge is 2.10. The maximum Gasteiger partial charge on any atom is 0.232 e. The van der Waals surface area contributed by atoms with Crippen molar-refractivity contribution in [1.82, 2.24) is 9.97 Å². The largest absolute Gasteiger partial charge is 0.480 e. The Kier molecular flexibility index (Phi) is 4.61. The van der Waals surface area contributed by atoms with Crippen molar-refractivity contribution in [3.05, 3.63) is 45.5 Å². The van der Waals surface area contributed by atoms with Crippen molar-refractivity contribution >= 4 is 33.5 Å². The van der Waals surface area contributed by atoms with Gasteiger partial charge in [0.25, 0.3) is 0 Å². The molecule has 2 rings (SSSR count). The summed E-state index contributed by atoms with van der Waals surface area (Å²) < 4.78 is 5.89. The molecule has 6 heteroatoms. The fraction of sp³-hybridized carbons (Fsp3) is 0.231. The molecule has 100 valence electrons. The van der Waals surface area contributed by atoms with E-state index in [1.807, 2.05) is 36.2 Å². The third-order valence-electron chi connectivity index (χ3n) is 2.60. The van der Waals surface area contributed by atoms with E-state index in [2.05, 4.69) is 25.9 Å². The van der Waals surface area contributed by atoms with Crippen molar-refractivity contribution in [2.24, 2.45) is 0 Å². The van der Waals surface area contributed by atoms with Crippen LogP contribution in [-0.4, -0.2) is 24.1 Å². The first kappa shape index (κ1) is 14.1. The predicted molar refractivity (Wildman–Crippen MR) is 79.8 cm³/mol. The van der Waals surface area contributed by atoms with Gasteiger partial charge in [-0.05, 0) is 27.6 Å². The summed E-state index contributed by atoms with van der Waals surface area (Å²) in [5.74, 6) is 1.09. The van der Waals surface area contributed by atoms with Crippen LogP contribution in [-0.2, 0) is 6.54 Å². The van der Waals surface area contributed by atoms with Gasteiger partial charge in [-0.15, -0.1) is 0 Å². The van der Waals surface area contributed by atoms with Gasteiger partial charge >= 0.3 is 0 Å². The highest BCUT2D eigenvalue weighted by molar-refractivity contribution is 9.10. The van der Waals surface area contributed by atoms with Crippen LogP contribution >= 0.6 is 27.5 Å². The summed E-state index contributed by atoms with van der Waals surface area (Å²) in [4.78, 5) is 10.5. The van der Waals surface area contributed by atoms with Gasteiger partial charge in [-0.25, -0.2) is 4.98 Å². The summed E-state index contributed by atoms with van der Waals surface area (Å²) in [5.41, 5.74) is 1.03. The predicted octanol–water partition coefficient (Wildman–Crippen LogP) is 3.54. The van der Waals surface area contributed by atoms with E-state index in [-0.39, 0.29) is 0 Å². The first-order valence-electron chi connectivity index (χ1n) is 5.63. The highest BCUT2D eigenvalue weighted by Crippen LogP contribution is 2.24. The fourth-order valence-corrected chi connectivity index (χ4v) is 2.17. The van der Waals surface area contributed by atoms with Crippen LogP contribution in [0.2, 0.25) is 5.02 Å². The Morgan fingerprint density at radius 2 is 2.11 bits per heavy atom. The number of methoxy groups -OCH3 is 1. The minimum absolute atomic E-state index is 0.510. The molecular formula is C13H13BrClN3O. The second-order valence-corrected chi connectivity index (χ2v) is 5.24. The van der Waals surface area contributed by atoms with Gasteiger partial charge in [-0.3, -0.25) is 0 Å². The lowest BCUT2D eigenvalue weighted by atomic mass is 10.2. The molecule has 0 saturated heterocycles. The zero-order valence-electron chi connectivity index (χ0n) is 10.6. The van der Waals surface area contributed by atoms with Gasteiger partial charge in [0.05, 0.1) is 17.8 Å². The van der Waals surface area contributed by atoms with Gasteiger partial charge in [0.15, 0.2) is 0 Å². The number of halogens is 2. The van der Waals surface area contributed by atoms with E-state index in [0.29, 0.717) is 18.4 Å². The van der Waals surface area contributed by atoms with Crippen LogP contribution in [0.5, 0.6) is 5.88 Å². The van der Waals surface area contributed by atoms with Crippen molar-refractivity contribution in [2.45, 2.75) is 6.54 Å². The Hall–Kier alpha value is -1.33. The lowest BCUT2D eigenvalue weighted by Crippen LogP contribution is -2.19. The van der Waals surface area contributed by atoms with Gasteiger partial charge in [-0.2, -0.15) is 4.98 Å². The molecule has 1 aromatic heterocycles. The highest BCUT2D eigenvalue weighted by atomic mass is 79.9. The topological polar surface area (TPSA) is 38.2 Å². The zero-order valence-corrected chi connectivity index (χ0v) is 12.9. The Morgan fingerprint density at radius 1 is 1.37 bits per heavy atom. The number of benzene rings is 1. The molecule has 19 heavy (non-hydrogen) atoms. The first-order valence-corrected chi connectivity index (χ1v) is 6.80. The third-order valence-corrected chi connectivity index (χ3v) is 3.51. The molecule has 1 heterocycles. The van der Waals surface area contributed by atoms with Gasteiger partial charge in [0.1, 0.15) is 0 Å². The molecule has 4 nitrogen and oxygen atoms in total. The van der Waals surface area contributed by atoms with Crippen LogP contribution in [0.15, 0.2) is 34.9 Å². The van der Waals surface area contributed by atoms with E-state index < -0.39 is 0 Å². The van der Waals surface area contributed by atoms with E-state index in [1.165, 1.54) is 0 Å². The number of ether oxygens (including phenoxy) is 1. The number of nitrogens with zero attached hydrogens (tertiary/aromatic N) is 3. The van der Waals surface area contributed by atoms with Crippen LogP contribution in [0.1, 0.15) is 5.56 Å². The molecule has 0 atom stereocenters. The lowest BCUT2D eigenvalue weighted by Gasteiger charge is -2.18. The van der Waals surface area contributed by atoms with Gasteiger partial charge < -0.3 is 9.64 Å². The molecular weight excluding hydrogens is 330 g/mol. The van der Waals surface area contributed by atoms with Crippen LogP contribution < -0.4 is 9.64 Å². The molecule has 2 aromatic rings. The molecule has 0 saturated carbocycles. The quantitative estimate of drug-likeness (QED) is 0.852. The van der Waals surface area contributed by atoms with E-state index >= 15 is 0 Å². The summed E-state index contributed by atoms with van der Waals surface area (Å²) in [7, 11) is 3.48. The standard InChI is InChI=1S/C13H13BrClN3O/c1-18(8-9-5-3-4-6-11(9)15)13-16-7-10(14)12(17-13)19-2/h3-7H,8H2,1-2H3. The Labute approximate surface area is 125 Å².